The van der Waals surface area contributed by atoms with Crippen LogP contribution in [0.3, 0.4) is 0 Å². The first-order valence-electron chi connectivity index (χ1n) is 7.16. The van der Waals surface area contributed by atoms with E-state index in [4.69, 9.17) is 4.74 Å². The number of hydrogen-bond acceptors (Lipinski definition) is 4. The van der Waals surface area contributed by atoms with Crippen molar-refractivity contribution in [3.63, 3.8) is 0 Å². The Balaban J connectivity index is 2.34. The first-order valence-corrected chi connectivity index (χ1v) is 7.16. The van der Waals surface area contributed by atoms with Gasteiger partial charge in [0, 0.05) is 35.6 Å². The van der Waals surface area contributed by atoms with Crippen LogP contribution in [0, 0.1) is 20.8 Å². The fourth-order valence-corrected chi connectivity index (χ4v) is 2.67. The number of ether oxygens (including phenoxy) is 1. The Bertz CT molecular complexity index is 625. The summed E-state index contributed by atoms with van der Waals surface area (Å²) in [5.74, 6) is 0.924. The van der Waals surface area contributed by atoms with Crippen LogP contribution < -0.4 is 10.1 Å². The molecule has 2 heterocycles. The predicted octanol–water partition coefficient (Wildman–Crippen LogP) is 2.91. The largest absolute Gasteiger partial charge is 0.496 e. The van der Waals surface area contributed by atoms with Crippen molar-refractivity contribution >= 4 is 0 Å². The fraction of sp³-hybridized carbons (Fsp3) is 0.412. The number of aryl methyl sites for hydroxylation is 2. The van der Waals surface area contributed by atoms with Crippen molar-refractivity contribution in [1.82, 2.24) is 15.3 Å². The first kappa shape index (κ1) is 15.4. The number of nitrogens with zero attached hydrogens (tertiary/aromatic N) is 2. The lowest BCUT2D eigenvalue weighted by Crippen LogP contribution is -2.22. The van der Waals surface area contributed by atoms with Gasteiger partial charge in [-0.15, -0.1) is 0 Å². The van der Waals surface area contributed by atoms with Crippen LogP contribution in [0.4, 0.5) is 0 Å². The highest BCUT2D eigenvalue weighted by Gasteiger charge is 2.17. The highest BCUT2D eigenvalue weighted by atomic mass is 16.5. The average Bonchev–Trinajstić information content (AvgIpc) is 2.48. The van der Waals surface area contributed by atoms with Crippen LogP contribution in [0.15, 0.2) is 24.5 Å². The zero-order chi connectivity index (χ0) is 15.4. The number of nitrogens with one attached hydrogen (secondary N) is 1. The van der Waals surface area contributed by atoms with Gasteiger partial charge in [-0.1, -0.05) is 6.07 Å². The van der Waals surface area contributed by atoms with Gasteiger partial charge in [-0.3, -0.25) is 9.97 Å². The Morgan fingerprint density at radius 3 is 2.57 bits per heavy atom. The molecule has 4 nitrogen and oxygen atoms in total. The van der Waals surface area contributed by atoms with Gasteiger partial charge < -0.3 is 10.1 Å². The average molecular weight is 285 g/mol. The number of rotatable bonds is 5. The van der Waals surface area contributed by atoms with Gasteiger partial charge in [-0.2, -0.15) is 0 Å². The van der Waals surface area contributed by atoms with E-state index < -0.39 is 0 Å². The van der Waals surface area contributed by atoms with Crippen LogP contribution >= 0.6 is 0 Å². The van der Waals surface area contributed by atoms with Crippen LogP contribution in [0.1, 0.15) is 34.1 Å². The third kappa shape index (κ3) is 3.22. The second-order valence-corrected chi connectivity index (χ2v) is 5.30. The van der Waals surface area contributed by atoms with E-state index >= 15 is 0 Å². The number of aromatic nitrogens is 2. The van der Waals surface area contributed by atoms with Gasteiger partial charge in [-0.05, 0) is 39.4 Å². The van der Waals surface area contributed by atoms with E-state index in [1.165, 1.54) is 5.56 Å². The summed E-state index contributed by atoms with van der Waals surface area (Å²) < 4.78 is 5.49. The van der Waals surface area contributed by atoms with E-state index in [0.29, 0.717) is 0 Å². The van der Waals surface area contributed by atoms with Crippen LogP contribution in [-0.2, 0) is 6.42 Å². The zero-order valence-corrected chi connectivity index (χ0v) is 13.4. The van der Waals surface area contributed by atoms with Crippen molar-refractivity contribution < 1.29 is 4.74 Å². The van der Waals surface area contributed by atoms with Gasteiger partial charge in [0.1, 0.15) is 5.75 Å². The molecule has 0 aliphatic carbocycles. The minimum atomic E-state index is 0.143. The smallest absolute Gasteiger partial charge is 0.128 e. The van der Waals surface area contributed by atoms with Gasteiger partial charge in [0.05, 0.1) is 18.8 Å². The molecule has 2 rings (SSSR count). The number of hydrogen-bond donors (Lipinski definition) is 1. The lowest BCUT2D eigenvalue weighted by Gasteiger charge is -2.19. The molecule has 1 N–H and O–H groups in total. The monoisotopic (exact) mass is 285 g/mol. The molecule has 0 aliphatic rings. The Labute approximate surface area is 126 Å². The summed E-state index contributed by atoms with van der Waals surface area (Å²) in [4.78, 5) is 9.10. The normalized spacial score (nSPS) is 12.2. The van der Waals surface area contributed by atoms with Gasteiger partial charge in [-0.25, -0.2) is 0 Å². The Kier molecular flexibility index (Phi) is 4.91. The molecule has 0 spiro atoms. The van der Waals surface area contributed by atoms with E-state index in [0.717, 1.165) is 34.7 Å². The first-order chi connectivity index (χ1) is 10.1. The van der Waals surface area contributed by atoms with E-state index in [1.807, 2.05) is 32.4 Å². The molecule has 112 valence electrons. The molecule has 2 aromatic heterocycles. The van der Waals surface area contributed by atoms with Crippen molar-refractivity contribution in [3.05, 3.63) is 52.6 Å². The molecule has 0 bridgehead atoms. The lowest BCUT2D eigenvalue weighted by atomic mass is 10.00. The number of pyridine rings is 2. The molecule has 1 unspecified atom stereocenters. The van der Waals surface area contributed by atoms with E-state index in [-0.39, 0.29) is 6.04 Å². The molecule has 0 saturated heterocycles. The minimum Gasteiger partial charge on any atom is -0.496 e. The number of methoxy groups -OCH3 is 1. The molecule has 1 atom stereocenters. The zero-order valence-electron chi connectivity index (χ0n) is 13.4. The van der Waals surface area contributed by atoms with Crippen molar-refractivity contribution in [2.24, 2.45) is 0 Å². The lowest BCUT2D eigenvalue weighted by molar-refractivity contribution is 0.406. The van der Waals surface area contributed by atoms with E-state index in [9.17, 15) is 0 Å². The second-order valence-electron chi connectivity index (χ2n) is 5.30. The van der Waals surface area contributed by atoms with Crippen LogP contribution in [0.2, 0.25) is 0 Å². The highest BCUT2D eigenvalue weighted by molar-refractivity contribution is 5.41. The Morgan fingerprint density at radius 2 is 1.95 bits per heavy atom. The molecule has 0 fully saturated rings. The molecular formula is C17H23N3O. The maximum Gasteiger partial charge on any atom is 0.128 e. The molecular weight excluding hydrogens is 262 g/mol. The molecule has 0 aliphatic heterocycles. The highest BCUT2D eigenvalue weighted by Crippen LogP contribution is 2.27. The topological polar surface area (TPSA) is 47.0 Å². The van der Waals surface area contributed by atoms with Crippen LogP contribution in [0.5, 0.6) is 5.75 Å². The summed E-state index contributed by atoms with van der Waals surface area (Å²) in [5, 5.41) is 3.34. The Morgan fingerprint density at radius 1 is 1.19 bits per heavy atom. The summed E-state index contributed by atoms with van der Waals surface area (Å²) in [6.07, 6.45) is 4.50. The van der Waals surface area contributed by atoms with Crippen molar-refractivity contribution in [2.75, 3.05) is 14.2 Å². The van der Waals surface area contributed by atoms with Crippen molar-refractivity contribution in [3.8, 4) is 5.75 Å². The Hall–Kier alpha value is -1.94. The van der Waals surface area contributed by atoms with Crippen molar-refractivity contribution in [1.29, 1.82) is 0 Å². The van der Waals surface area contributed by atoms with E-state index in [2.05, 4.69) is 35.2 Å². The standard InChI is InChI=1S/C17H23N3O/c1-11-7-6-8-19-16(11)15(18-4)9-14-13(3)17(21-5)12(2)10-20-14/h6-8,10,15,18H,9H2,1-5H3. The summed E-state index contributed by atoms with van der Waals surface area (Å²) in [6, 6.07) is 4.19. The molecule has 0 aromatic carbocycles. The van der Waals surface area contributed by atoms with Crippen molar-refractivity contribution in [2.45, 2.75) is 33.2 Å². The minimum absolute atomic E-state index is 0.143. The summed E-state index contributed by atoms with van der Waals surface area (Å²) >= 11 is 0. The molecule has 0 saturated carbocycles. The quantitative estimate of drug-likeness (QED) is 0.917. The van der Waals surface area contributed by atoms with Crippen LogP contribution in [0.25, 0.3) is 0 Å². The second kappa shape index (κ2) is 6.68. The van der Waals surface area contributed by atoms with E-state index in [1.54, 1.807) is 7.11 Å². The molecule has 21 heavy (non-hydrogen) atoms. The van der Waals surface area contributed by atoms with Gasteiger partial charge in [0.15, 0.2) is 0 Å². The maximum absolute atomic E-state index is 5.49. The SMILES string of the molecule is CNC(Cc1ncc(C)c(OC)c1C)c1ncccc1C. The molecule has 0 radical (unpaired) electrons. The summed E-state index contributed by atoms with van der Waals surface area (Å²) in [7, 11) is 3.66. The van der Waals surface area contributed by atoms with Gasteiger partial charge in [0.25, 0.3) is 0 Å². The summed E-state index contributed by atoms with van der Waals surface area (Å²) in [5.41, 5.74) is 5.47. The van der Waals surface area contributed by atoms with Gasteiger partial charge in [0.2, 0.25) is 0 Å². The fourth-order valence-electron chi connectivity index (χ4n) is 2.67. The third-order valence-electron chi connectivity index (χ3n) is 3.88. The maximum atomic E-state index is 5.49. The number of likely N-dealkylation sites (N-methyl/N-ethyl adjacent to an activating group) is 1. The van der Waals surface area contributed by atoms with Gasteiger partial charge >= 0.3 is 0 Å². The predicted molar refractivity (Wildman–Crippen MR) is 84.7 cm³/mol. The summed E-state index contributed by atoms with van der Waals surface area (Å²) in [6.45, 7) is 6.16. The van der Waals surface area contributed by atoms with Crippen LogP contribution in [-0.4, -0.2) is 24.1 Å². The molecule has 4 heteroatoms. The third-order valence-corrected chi connectivity index (χ3v) is 3.88. The molecule has 2 aromatic rings. The molecule has 0 amide bonds.